The van der Waals surface area contributed by atoms with Gasteiger partial charge < -0.3 is 10.2 Å². The van der Waals surface area contributed by atoms with E-state index in [1.54, 1.807) is 0 Å². The molecule has 0 amide bonds. The van der Waals surface area contributed by atoms with Gasteiger partial charge in [-0.15, -0.1) is 0 Å². The molecule has 5 heteroatoms. The molecule has 1 aromatic carbocycles. The first-order chi connectivity index (χ1) is 7.25. The van der Waals surface area contributed by atoms with Crippen LogP contribution in [0.25, 0.3) is 0 Å². The average molecular weight is 247 g/mol. The molecule has 16 heavy (non-hydrogen) atoms. The van der Waals surface area contributed by atoms with Gasteiger partial charge in [-0.3, -0.25) is 4.79 Å². The minimum atomic E-state index is -1.07. The maximum absolute atomic E-state index is 13.6. The van der Waals surface area contributed by atoms with Crippen molar-refractivity contribution in [2.75, 3.05) is 0 Å². The van der Waals surface area contributed by atoms with Crippen molar-refractivity contribution in [3.8, 4) is 5.75 Å². The van der Waals surface area contributed by atoms with Gasteiger partial charge in [0.1, 0.15) is 11.6 Å². The highest BCUT2D eigenvalue weighted by Gasteiger charge is 2.31. The number of carbonyl (C=O) groups is 1. The van der Waals surface area contributed by atoms with Crippen molar-refractivity contribution in [3.63, 3.8) is 0 Å². The molecule has 0 aliphatic rings. The number of phenols is 1. The van der Waals surface area contributed by atoms with Crippen LogP contribution in [-0.4, -0.2) is 16.2 Å². The molecule has 0 saturated carbocycles. The molecule has 0 fully saturated rings. The van der Waals surface area contributed by atoms with Crippen LogP contribution in [0.2, 0.25) is 5.02 Å². The summed E-state index contributed by atoms with van der Waals surface area (Å²) in [7, 11) is 0. The highest BCUT2D eigenvalue weighted by atomic mass is 35.5. The van der Waals surface area contributed by atoms with Crippen LogP contribution in [0.5, 0.6) is 5.75 Å². The summed E-state index contributed by atoms with van der Waals surface area (Å²) in [6.45, 7) is 3.07. The van der Waals surface area contributed by atoms with E-state index in [1.807, 2.05) is 0 Å². The molecule has 0 atom stereocenters. The molecule has 0 saturated heterocycles. The molecule has 0 spiro atoms. The fourth-order valence-corrected chi connectivity index (χ4v) is 1.81. The van der Waals surface area contributed by atoms with Crippen LogP contribution in [0.1, 0.15) is 25.8 Å². The second kappa shape index (κ2) is 4.29. The SMILES string of the molecule is CC(C)(CC(=O)O)c1c(F)ccc(Cl)c1O. The van der Waals surface area contributed by atoms with Gasteiger partial charge in [-0.05, 0) is 12.1 Å². The third kappa shape index (κ3) is 2.44. The van der Waals surface area contributed by atoms with Crippen LogP contribution >= 0.6 is 11.6 Å². The van der Waals surface area contributed by atoms with Crippen molar-refractivity contribution in [2.45, 2.75) is 25.7 Å². The zero-order chi connectivity index (χ0) is 12.5. The minimum absolute atomic E-state index is 0.00913. The molecule has 1 rings (SSSR count). The van der Waals surface area contributed by atoms with Crippen molar-refractivity contribution < 1.29 is 19.4 Å². The lowest BCUT2D eigenvalue weighted by molar-refractivity contribution is -0.138. The van der Waals surface area contributed by atoms with Crippen molar-refractivity contribution in [3.05, 3.63) is 28.5 Å². The molecular weight excluding hydrogens is 235 g/mol. The van der Waals surface area contributed by atoms with Crippen molar-refractivity contribution in [1.29, 1.82) is 0 Å². The first-order valence-electron chi connectivity index (χ1n) is 4.65. The number of hydrogen-bond acceptors (Lipinski definition) is 2. The minimum Gasteiger partial charge on any atom is -0.506 e. The Balaban J connectivity index is 3.31. The Bertz CT molecular complexity index is 429. The molecule has 0 heterocycles. The number of carboxylic acid groups (broad SMARTS) is 1. The third-order valence-corrected chi connectivity index (χ3v) is 2.65. The number of aliphatic carboxylic acids is 1. The molecule has 0 radical (unpaired) electrons. The van der Waals surface area contributed by atoms with Gasteiger partial charge in [0.25, 0.3) is 0 Å². The molecule has 1 aromatic rings. The number of carboxylic acids is 1. The first kappa shape index (κ1) is 12.8. The molecule has 0 aliphatic carbocycles. The first-order valence-corrected chi connectivity index (χ1v) is 5.03. The molecule has 0 aliphatic heterocycles. The highest BCUT2D eigenvalue weighted by Crippen LogP contribution is 2.39. The van der Waals surface area contributed by atoms with Crippen molar-refractivity contribution in [2.24, 2.45) is 0 Å². The Labute approximate surface area is 97.5 Å². The van der Waals surface area contributed by atoms with Gasteiger partial charge in [0, 0.05) is 11.0 Å². The second-order valence-corrected chi connectivity index (χ2v) is 4.61. The van der Waals surface area contributed by atoms with E-state index in [2.05, 4.69) is 0 Å². The van der Waals surface area contributed by atoms with Crippen LogP contribution in [0.4, 0.5) is 4.39 Å². The van der Waals surface area contributed by atoms with Gasteiger partial charge >= 0.3 is 5.97 Å². The van der Waals surface area contributed by atoms with Crippen LogP contribution in [0.3, 0.4) is 0 Å². The topological polar surface area (TPSA) is 57.5 Å². The molecule has 3 nitrogen and oxygen atoms in total. The fourth-order valence-electron chi connectivity index (χ4n) is 1.65. The van der Waals surface area contributed by atoms with Gasteiger partial charge in [0.15, 0.2) is 0 Å². The Morgan fingerprint density at radius 3 is 2.56 bits per heavy atom. The summed E-state index contributed by atoms with van der Waals surface area (Å²) in [4.78, 5) is 10.7. The normalized spacial score (nSPS) is 11.5. The van der Waals surface area contributed by atoms with Crippen LogP contribution in [-0.2, 0) is 10.2 Å². The van der Waals surface area contributed by atoms with E-state index in [9.17, 15) is 14.3 Å². The van der Waals surface area contributed by atoms with Gasteiger partial charge in [0.2, 0.25) is 0 Å². The predicted molar refractivity (Wildman–Crippen MR) is 58.4 cm³/mol. The van der Waals surface area contributed by atoms with Gasteiger partial charge in [-0.2, -0.15) is 0 Å². The smallest absolute Gasteiger partial charge is 0.304 e. The van der Waals surface area contributed by atoms with E-state index in [-0.39, 0.29) is 17.0 Å². The Morgan fingerprint density at radius 1 is 1.50 bits per heavy atom. The van der Waals surface area contributed by atoms with E-state index in [1.165, 1.54) is 19.9 Å². The van der Waals surface area contributed by atoms with Gasteiger partial charge in [0.05, 0.1) is 11.4 Å². The Kier molecular flexibility index (Phi) is 3.43. The summed E-state index contributed by atoms with van der Waals surface area (Å²) in [5, 5.41) is 18.4. The number of rotatable bonds is 3. The summed E-state index contributed by atoms with van der Waals surface area (Å²) in [6, 6.07) is 2.34. The maximum Gasteiger partial charge on any atom is 0.304 e. The van der Waals surface area contributed by atoms with Gasteiger partial charge in [-0.25, -0.2) is 4.39 Å². The van der Waals surface area contributed by atoms with E-state index in [0.717, 1.165) is 6.07 Å². The lowest BCUT2D eigenvalue weighted by Gasteiger charge is -2.24. The zero-order valence-corrected chi connectivity index (χ0v) is 9.68. The van der Waals surface area contributed by atoms with E-state index in [4.69, 9.17) is 16.7 Å². The quantitative estimate of drug-likeness (QED) is 0.862. The molecule has 0 unspecified atom stereocenters. The molecule has 2 N–H and O–H groups in total. The van der Waals surface area contributed by atoms with Crippen LogP contribution in [0.15, 0.2) is 12.1 Å². The number of hydrogen-bond donors (Lipinski definition) is 2. The molecule has 0 aromatic heterocycles. The zero-order valence-electron chi connectivity index (χ0n) is 8.92. The number of aromatic hydroxyl groups is 1. The summed E-state index contributed by atoms with van der Waals surface area (Å²) < 4.78 is 13.6. The monoisotopic (exact) mass is 246 g/mol. The predicted octanol–water partition coefficient (Wildman–Crippen LogP) is 2.94. The largest absolute Gasteiger partial charge is 0.506 e. The lowest BCUT2D eigenvalue weighted by atomic mass is 9.80. The number of phenolic OH excluding ortho intramolecular Hbond substituents is 1. The molecular formula is C11H12ClFO3. The Morgan fingerprint density at radius 2 is 2.06 bits per heavy atom. The maximum atomic E-state index is 13.6. The van der Waals surface area contributed by atoms with Crippen molar-refractivity contribution >= 4 is 17.6 Å². The lowest BCUT2D eigenvalue weighted by Crippen LogP contribution is -2.23. The van der Waals surface area contributed by atoms with E-state index >= 15 is 0 Å². The highest BCUT2D eigenvalue weighted by molar-refractivity contribution is 6.32. The molecule has 0 bridgehead atoms. The van der Waals surface area contributed by atoms with E-state index in [0.29, 0.717) is 0 Å². The third-order valence-electron chi connectivity index (χ3n) is 2.35. The Hall–Kier alpha value is -1.29. The summed E-state index contributed by atoms with van der Waals surface area (Å²) in [5.74, 6) is -2.12. The average Bonchev–Trinajstić information content (AvgIpc) is 2.09. The number of benzene rings is 1. The second-order valence-electron chi connectivity index (χ2n) is 4.21. The van der Waals surface area contributed by atoms with Gasteiger partial charge in [-0.1, -0.05) is 25.4 Å². The van der Waals surface area contributed by atoms with Crippen molar-refractivity contribution in [1.82, 2.24) is 0 Å². The molecule has 88 valence electrons. The fraction of sp³-hybridized carbons (Fsp3) is 0.364. The summed E-state index contributed by atoms with van der Waals surface area (Å²) in [5.41, 5.74) is -1.09. The number of halogens is 2. The van der Waals surface area contributed by atoms with Crippen LogP contribution in [0, 0.1) is 5.82 Å². The van der Waals surface area contributed by atoms with E-state index < -0.39 is 23.0 Å². The standard InChI is InChI=1S/C11H12ClFO3/c1-11(2,5-8(14)15)9-7(13)4-3-6(12)10(9)16/h3-4,16H,5H2,1-2H3,(H,14,15). The summed E-state index contributed by atoms with van der Waals surface area (Å²) >= 11 is 5.66. The van der Waals surface area contributed by atoms with Crippen LogP contribution < -0.4 is 0 Å². The summed E-state index contributed by atoms with van der Waals surface area (Å²) in [6.07, 6.45) is -0.294.